The average molecular weight is 504 g/mol. The molecule has 0 aliphatic heterocycles. The van der Waals surface area contributed by atoms with E-state index in [4.69, 9.17) is 12.3 Å². The Balaban J connectivity index is 1.39. The molecule has 1 amide bonds. The molecule has 0 unspecified atom stereocenters. The minimum atomic E-state index is -0.978. The molecule has 1 aromatic heterocycles. The molecular weight excluding hydrogens is 484 g/mol. The van der Waals surface area contributed by atoms with Crippen LogP contribution in [0.25, 0.3) is 4.85 Å². The number of amides is 1. The maximum Gasteiger partial charge on any atom is 0.251 e. The smallest absolute Gasteiger partial charge is 0.251 e. The number of carbonyl (C=O) groups excluding carboxylic acids is 2. The maximum atomic E-state index is 14.0. The van der Waals surface area contributed by atoms with Crippen LogP contribution in [0.3, 0.4) is 0 Å². The van der Waals surface area contributed by atoms with Gasteiger partial charge in [0.05, 0.1) is 5.56 Å². The lowest BCUT2D eigenvalue weighted by Crippen LogP contribution is -2.22. The first-order valence-electron chi connectivity index (χ1n) is 10.7. The van der Waals surface area contributed by atoms with Gasteiger partial charge in [-0.15, -0.1) is 0 Å². The lowest BCUT2D eigenvalue weighted by atomic mass is 10.1. The quantitative estimate of drug-likeness (QED) is 0.223. The van der Waals surface area contributed by atoms with Gasteiger partial charge in [-0.25, -0.2) is 20.3 Å². The fourth-order valence-corrected chi connectivity index (χ4v) is 4.19. The topological polar surface area (TPSA) is 101 Å². The summed E-state index contributed by atoms with van der Waals surface area (Å²) in [5.74, 6) is -3.25. The summed E-state index contributed by atoms with van der Waals surface area (Å²) in [6, 6.07) is 17.2. The van der Waals surface area contributed by atoms with Gasteiger partial charge in [-0.2, -0.15) is 0 Å². The van der Waals surface area contributed by atoms with Crippen molar-refractivity contribution in [2.75, 3.05) is 11.1 Å². The standard InChI is InChI=1S/C26H19F2N5O2S/c1-30-13-15-5-7-16(8-6-15)14-31-25(35)17-9-11-18(12-10-17)32-26-33-24(29)23(36-26)22(34)21-19(27)3-2-4-20(21)28/h2-12H,13-14,29H2,(H,31,35)(H,32,33). The number of nitrogens with one attached hydrogen (secondary N) is 2. The van der Waals surface area contributed by atoms with Gasteiger partial charge in [0.1, 0.15) is 22.3 Å². The fraction of sp³-hybridized carbons (Fsp3) is 0.0769. The van der Waals surface area contributed by atoms with Crippen molar-refractivity contribution < 1.29 is 18.4 Å². The number of benzene rings is 3. The monoisotopic (exact) mass is 503 g/mol. The van der Waals surface area contributed by atoms with Crippen molar-refractivity contribution in [1.29, 1.82) is 0 Å². The van der Waals surface area contributed by atoms with Gasteiger partial charge in [0.25, 0.3) is 5.91 Å². The van der Waals surface area contributed by atoms with Crippen molar-refractivity contribution in [3.8, 4) is 0 Å². The number of anilines is 3. The van der Waals surface area contributed by atoms with E-state index < -0.39 is 23.0 Å². The molecule has 0 radical (unpaired) electrons. The van der Waals surface area contributed by atoms with Crippen LogP contribution in [0, 0.1) is 18.2 Å². The van der Waals surface area contributed by atoms with E-state index in [0.29, 0.717) is 24.3 Å². The molecule has 4 N–H and O–H groups in total. The van der Waals surface area contributed by atoms with Crippen molar-refractivity contribution >= 4 is 39.7 Å². The number of nitrogen functional groups attached to an aromatic ring is 1. The van der Waals surface area contributed by atoms with Crippen LogP contribution in [0.5, 0.6) is 0 Å². The lowest BCUT2D eigenvalue weighted by Gasteiger charge is -2.07. The number of hydrogen-bond donors (Lipinski definition) is 3. The highest BCUT2D eigenvalue weighted by molar-refractivity contribution is 7.18. The van der Waals surface area contributed by atoms with E-state index in [1.165, 1.54) is 6.07 Å². The second-order valence-electron chi connectivity index (χ2n) is 7.68. The first-order chi connectivity index (χ1) is 17.4. The number of rotatable bonds is 8. The molecule has 4 rings (SSSR count). The molecule has 0 saturated heterocycles. The van der Waals surface area contributed by atoms with Crippen LogP contribution in [-0.2, 0) is 13.1 Å². The van der Waals surface area contributed by atoms with Crippen LogP contribution < -0.4 is 16.4 Å². The number of hydrogen-bond acceptors (Lipinski definition) is 6. The lowest BCUT2D eigenvalue weighted by molar-refractivity contribution is 0.0950. The van der Waals surface area contributed by atoms with E-state index in [0.717, 1.165) is 34.6 Å². The highest BCUT2D eigenvalue weighted by Gasteiger charge is 2.24. The van der Waals surface area contributed by atoms with Crippen LogP contribution in [0.1, 0.15) is 36.7 Å². The van der Waals surface area contributed by atoms with E-state index in [1.807, 2.05) is 24.3 Å². The zero-order valence-electron chi connectivity index (χ0n) is 18.7. The molecule has 0 saturated carbocycles. The van der Waals surface area contributed by atoms with Crippen LogP contribution in [0.4, 0.5) is 25.4 Å². The molecule has 180 valence electrons. The summed E-state index contributed by atoms with van der Waals surface area (Å²) in [5, 5.41) is 6.07. The number of halogens is 2. The Hall–Kier alpha value is -4.62. The van der Waals surface area contributed by atoms with E-state index in [-0.39, 0.29) is 21.7 Å². The van der Waals surface area contributed by atoms with Crippen LogP contribution in [0.2, 0.25) is 0 Å². The van der Waals surface area contributed by atoms with Crippen LogP contribution in [0.15, 0.2) is 66.7 Å². The molecule has 36 heavy (non-hydrogen) atoms. The molecular formula is C26H19F2N5O2S. The summed E-state index contributed by atoms with van der Waals surface area (Å²) in [4.78, 5) is 32.4. The van der Waals surface area contributed by atoms with Crippen molar-refractivity contribution in [3.05, 3.63) is 117 Å². The second-order valence-corrected chi connectivity index (χ2v) is 8.68. The van der Waals surface area contributed by atoms with Crippen molar-refractivity contribution in [1.82, 2.24) is 10.3 Å². The number of nitrogens with zero attached hydrogens (tertiary/aromatic N) is 2. The predicted molar refractivity (Wildman–Crippen MR) is 134 cm³/mol. The van der Waals surface area contributed by atoms with Crippen molar-refractivity contribution in [3.63, 3.8) is 0 Å². The Morgan fingerprint density at radius 1 is 0.972 bits per heavy atom. The molecule has 0 atom stereocenters. The molecule has 0 bridgehead atoms. The molecule has 0 fully saturated rings. The van der Waals surface area contributed by atoms with E-state index in [2.05, 4.69) is 20.5 Å². The van der Waals surface area contributed by atoms with E-state index >= 15 is 0 Å². The largest absolute Gasteiger partial charge is 0.382 e. The summed E-state index contributed by atoms with van der Waals surface area (Å²) >= 11 is 0.869. The first-order valence-corrected chi connectivity index (χ1v) is 11.5. The Labute approximate surface area is 209 Å². The number of aromatic nitrogens is 1. The normalized spacial score (nSPS) is 10.5. The maximum absolute atomic E-state index is 14.0. The Kier molecular flexibility index (Phi) is 7.32. The summed E-state index contributed by atoms with van der Waals surface area (Å²) in [5.41, 5.74) is 7.99. The molecule has 7 nitrogen and oxygen atoms in total. The number of carbonyl (C=O) groups is 2. The summed E-state index contributed by atoms with van der Waals surface area (Å²) in [6.45, 7) is 7.56. The predicted octanol–water partition coefficient (Wildman–Crippen LogP) is 5.33. The zero-order valence-corrected chi connectivity index (χ0v) is 19.5. The summed E-state index contributed by atoms with van der Waals surface area (Å²) in [6.07, 6.45) is 0. The third kappa shape index (κ3) is 5.54. The van der Waals surface area contributed by atoms with Gasteiger partial charge in [0, 0.05) is 23.4 Å². The SMILES string of the molecule is [C-]#[N+]Cc1ccc(CNC(=O)c2ccc(Nc3nc(N)c(C(=O)c4c(F)cccc4F)s3)cc2)cc1. The Morgan fingerprint density at radius 2 is 1.61 bits per heavy atom. The highest BCUT2D eigenvalue weighted by atomic mass is 32.1. The third-order valence-corrected chi connectivity index (χ3v) is 6.17. The van der Waals surface area contributed by atoms with E-state index in [9.17, 15) is 18.4 Å². The molecule has 0 spiro atoms. The number of ketones is 1. The van der Waals surface area contributed by atoms with Gasteiger partial charge in [0.2, 0.25) is 12.3 Å². The molecule has 3 aromatic carbocycles. The molecule has 10 heteroatoms. The Bertz CT molecular complexity index is 1440. The van der Waals surface area contributed by atoms with Gasteiger partial charge >= 0.3 is 0 Å². The molecule has 1 heterocycles. The van der Waals surface area contributed by atoms with Crippen molar-refractivity contribution in [2.45, 2.75) is 13.1 Å². The summed E-state index contributed by atoms with van der Waals surface area (Å²) in [7, 11) is 0. The Morgan fingerprint density at radius 3 is 2.25 bits per heavy atom. The second kappa shape index (κ2) is 10.8. The van der Waals surface area contributed by atoms with Gasteiger partial charge in [-0.05, 0) is 42.0 Å². The average Bonchev–Trinajstić information content (AvgIpc) is 3.23. The molecule has 0 aliphatic rings. The van der Waals surface area contributed by atoms with Gasteiger partial charge in [-0.3, -0.25) is 9.59 Å². The van der Waals surface area contributed by atoms with E-state index in [1.54, 1.807) is 24.3 Å². The number of thiazole rings is 1. The number of nitrogens with two attached hydrogens (primary N) is 1. The van der Waals surface area contributed by atoms with Gasteiger partial charge < -0.3 is 21.2 Å². The minimum Gasteiger partial charge on any atom is -0.382 e. The minimum absolute atomic E-state index is 0.0837. The summed E-state index contributed by atoms with van der Waals surface area (Å²) < 4.78 is 28.0. The molecule has 0 aliphatic carbocycles. The molecule has 4 aromatic rings. The first kappa shape index (κ1) is 24.5. The third-order valence-electron chi connectivity index (χ3n) is 5.19. The van der Waals surface area contributed by atoms with Gasteiger partial charge in [0.15, 0.2) is 5.13 Å². The van der Waals surface area contributed by atoms with Gasteiger partial charge in [-0.1, -0.05) is 41.7 Å². The van der Waals surface area contributed by atoms with Crippen LogP contribution in [-0.4, -0.2) is 16.7 Å². The highest BCUT2D eigenvalue weighted by Crippen LogP contribution is 2.31. The van der Waals surface area contributed by atoms with Crippen LogP contribution >= 0.6 is 11.3 Å². The fourth-order valence-electron chi connectivity index (χ4n) is 3.34. The van der Waals surface area contributed by atoms with Crippen molar-refractivity contribution in [2.24, 2.45) is 0 Å². The zero-order chi connectivity index (χ0) is 25.7.